The van der Waals surface area contributed by atoms with Crippen LogP contribution in [0.25, 0.3) is 0 Å². The Kier molecular flexibility index (Phi) is 2.22. The van der Waals surface area contributed by atoms with E-state index in [9.17, 15) is 0 Å². The number of aromatic amines is 1. The Bertz CT molecular complexity index is 114. The Balaban J connectivity index is 0.000000360. The fraction of sp³-hybridized carbons (Fsp3) is 0. The SMILES string of the molecule is Cl.Nc1cnc[nH]1. The Hall–Kier alpha value is -0.700. The van der Waals surface area contributed by atoms with E-state index >= 15 is 0 Å². The molecular formula is C3H6ClN3. The van der Waals surface area contributed by atoms with Gasteiger partial charge in [0.1, 0.15) is 5.82 Å². The summed E-state index contributed by atoms with van der Waals surface area (Å²) in [5.41, 5.74) is 5.16. The molecule has 0 aromatic carbocycles. The quantitative estimate of drug-likeness (QED) is 0.520. The highest BCUT2D eigenvalue weighted by atomic mass is 35.5. The summed E-state index contributed by atoms with van der Waals surface area (Å²) in [7, 11) is 0. The standard InChI is InChI=1S/C3H5N3.ClH/c4-3-1-5-2-6-3;/h1-2H,4H2,(H,5,6);1H. The van der Waals surface area contributed by atoms with Crippen molar-refractivity contribution in [3.05, 3.63) is 12.5 Å². The predicted octanol–water partition coefficient (Wildman–Crippen LogP) is 0.414. The Labute approximate surface area is 47.4 Å². The van der Waals surface area contributed by atoms with Crippen LogP contribution in [0.3, 0.4) is 0 Å². The maximum atomic E-state index is 5.16. The lowest BCUT2D eigenvalue weighted by Gasteiger charge is -1.70. The van der Waals surface area contributed by atoms with Crippen molar-refractivity contribution in [2.45, 2.75) is 0 Å². The third kappa shape index (κ3) is 1.45. The van der Waals surface area contributed by atoms with Crippen molar-refractivity contribution in [3.8, 4) is 0 Å². The van der Waals surface area contributed by atoms with Gasteiger partial charge in [-0.3, -0.25) is 0 Å². The van der Waals surface area contributed by atoms with Crippen LogP contribution in [0.1, 0.15) is 0 Å². The molecule has 0 radical (unpaired) electrons. The molecule has 1 heterocycles. The van der Waals surface area contributed by atoms with E-state index in [-0.39, 0.29) is 12.4 Å². The van der Waals surface area contributed by atoms with Gasteiger partial charge in [0, 0.05) is 0 Å². The molecule has 0 aliphatic heterocycles. The molecule has 40 valence electrons. The number of imidazole rings is 1. The van der Waals surface area contributed by atoms with E-state index in [0.29, 0.717) is 5.82 Å². The van der Waals surface area contributed by atoms with Crippen LogP contribution in [0.15, 0.2) is 12.5 Å². The zero-order chi connectivity index (χ0) is 4.41. The molecule has 0 spiro atoms. The molecule has 1 aromatic heterocycles. The molecule has 7 heavy (non-hydrogen) atoms. The van der Waals surface area contributed by atoms with Crippen molar-refractivity contribution in [2.24, 2.45) is 0 Å². The molecule has 0 aliphatic rings. The number of anilines is 1. The molecule has 3 N–H and O–H groups in total. The van der Waals surface area contributed by atoms with Crippen LogP contribution in [-0.4, -0.2) is 9.97 Å². The normalized spacial score (nSPS) is 7.43. The van der Waals surface area contributed by atoms with E-state index in [1.165, 1.54) is 6.33 Å². The maximum Gasteiger partial charge on any atom is 0.120 e. The zero-order valence-electron chi connectivity index (χ0n) is 3.59. The molecule has 0 atom stereocenters. The van der Waals surface area contributed by atoms with Gasteiger partial charge in [0.2, 0.25) is 0 Å². The second kappa shape index (κ2) is 2.47. The van der Waals surface area contributed by atoms with Crippen molar-refractivity contribution >= 4 is 18.2 Å². The van der Waals surface area contributed by atoms with Gasteiger partial charge in [-0.15, -0.1) is 12.4 Å². The number of H-pyrrole nitrogens is 1. The minimum atomic E-state index is 0. The van der Waals surface area contributed by atoms with E-state index in [4.69, 9.17) is 5.73 Å². The lowest BCUT2D eigenvalue weighted by atomic mass is 10.8. The molecular weight excluding hydrogens is 114 g/mol. The second-order valence-electron chi connectivity index (χ2n) is 1.01. The predicted molar refractivity (Wildman–Crippen MR) is 30.2 cm³/mol. The fourth-order valence-corrected chi connectivity index (χ4v) is 0.267. The first kappa shape index (κ1) is 6.30. The highest BCUT2D eigenvalue weighted by molar-refractivity contribution is 5.85. The summed E-state index contributed by atoms with van der Waals surface area (Å²) < 4.78 is 0. The van der Waals surface area contributed by atoms with Gasteiger partial charge in [0.05, 0.1) is 12.5 Å². The summed E-state index contributed by atoms with van der Waals surface area (Å²) >= 11 is 0. The van der Waals surface area contributed by atoms with Crippen LogP contribution < -0.4 is 5.73 Å². The van der Waals surface area contributed by atoms with E-state index in [1.807, 2.05) is 0 Å². The summed E-state index contributed by atoms with van der Waals surface area (Å²) in [6.45, 7) is 0. The number of aromatic nitrogens is 2. The van der Waals surface area contributed by atoms with E-state index in [2.05, 4.69) is 9.97 Å². The first-order chi connectivity index (χ1) is 2.89. The van der Waals surface area contributed by atoms with Gasteiger partial charge in [0.25, 0.3) is 0 Å². The number of hydrogen-bond acceptors (Lipinski definition) is 2. The molecule has 0 bridgehead atoms. The van der Waals surface area contributed by atoms with Gasteiger partial charge in [0.15, 0.2) is 0 Å². The Morgan fingerprint density at radius 2 is 2.43 bits per heavy atom. The minimum Gasteiger partial charge on any atom is -0.384 e. The van der Waals surface area contributed by atoms with E-state index in [0.717, 1.165) is 0 Å². The number of nitrogen functional groups attached to an aromatic ring is 1. The number of nitrogens with two attached hydrogens (primary N) is 1. The summed E-state index contributed by atoms with van der Waals surface area (Å²) in [5.74, 6) is 0.606. The van der Waals surface area contributed by atoms with Crippen molar-refractivity contribution in [2.75, 3.05) is 5.73 Å². The summed E-state index contributed by atoms with van der Waals surface area (Å²) in [5, 5.41) is 0. The van der Waals surface area contributed by atoms with E-state index in [1.54, 1.807) is 6.20 Å². The van der Waals surface area contributed by atoms with Gasteiger partial charge >= 0.3 is 0 Å². The first-order valence-corrected chi connectivity index (χ1v) is 1.63. The van der Waals surface area contributed by atoms with Crippen LogP contribution in [-0.2, 0) is 0 Å². The second-order valence-corrected chi connectivity index (χ2v) is 1.01. The molecule has 4 heteroatoms. The number of rotatable bonds is 0. The molecule has 1 rings (SSSR count). The summed E-state index contributed by atoms with van der Waals surface area (Å²) in [6, 6.07) is 0. The largest absolute Gasteiger partial charge is 0.384 e. The lowest BCUT2D eigenvalue weighted by molar-refractivity contribution is 1.32. The minimum absolute atomic E-state index is 0. The number of halogens is 1. The molecule has 0 amide bonds. The molecule has 0 fully saturated rings. The fourth-order valence-electron chi connectivity index (χ4n) is 0.267. The lowest BCUT2D eigenvalue weighted by Crippen LogP contribution is -1.79. The van der Waals surface area contributed by atoms with Gasteiger partial charge in [-0.25, -0.2) is 4.98 Å². The number of nitrogens with one attached hydrogen (secondary N) is 1. The van der Waals surface area contributed by atoms with Gasteiger partial charge in [-0.2, -0.15) is 0 Å². The van der Waals surface area contributed by atoms with Crippen LogP contribution in [0, 0.1) is 0 Å². The van der Waals surface area contributed by atoms with Gasteiger partial charge < -0.3 is 10.7 Å². The smallest absolute Gasteiger partial charge is 0.120 e. The molecule has 0 unspecified atom stereocenters. The van der Waals surface area contributed by atoms with Crippen molar-refractivity contribution < 1.29 is 0 Å². The molecule has 3 nitrogen and oxygen atoms in total. The van der Waals surface area contributed by atoms with Crippen LogP contribution in [0.5, 0.6) is 0 Å². The van der Waals surface area contributed by atoms with Crippen molar-refractivity contribution in [3.63, 3.8) is 0 Å². The first-order valence-electron chi connectivity index (χ1n) is 1.63. The van der Waals surface area contributed by atoms with E-state index < -0.39 is 0 Å². The topological polar surface area (TPSA) is 54.7 Å². The number of nitrogens with zero attached hydrogens (tertiary/aromatic N) is 1. The van der Waals surface area contributed by atoms with Crippen LogP contribution in [0.4, 0.5) is 5.82 Å². The summed E-state index contributed by atoms with van der Waals surface area (Å²) in [4.78, 5) is 6.31. The highest BCUT2D eigenvalue weighted by Crippen LogP contribution is 1.84. The monoisotopic (exact) mass is 119 g/mol. The van der Waals surface area contributed by atoms with Crippen LogP contribution in [0.2, 0.25) is 0 Å². The summed E-state index contributed by atoms with van der Waals surface area (Å²) in [6.07, 6.45) is 3.09. The van der Waals surface area contributed by atoms with Crippen LogP contribution >= 0.6 is 12.4 Å². The maximum absolute atomic E-state index is 5.16. The van der Waals surface area contributed by atoms with Gasteiger partial charge in [-0.05, 0) is 0 Å². The third-order valence-corrected chi connectivity index (χ3v) is 0.519. The van der Waals surface area contributed by atoms with Gasteiger partial charge in [-0.1, -0.05) is 0 Å². The zero-order valence-corrected chi connectivity index (χ0v) is 4.40. The molecule has 1 aromatic rings. The Morgan fingerprint density at radius 3 is 2.57 bits per heavy atom. The molecule has 0 saturated heterocycles. The number of hydrogen-bond donors (Lipinski definition) is 2. The highest BCUT2D eigenvalue weighted by Gasteiger charge is 1.74. The molecule has 0 aliphatic carbocycles. The Morgan fingerprint density at radius 1 is 1.71 bits per heavy atom. The third-order valence-electron chi connectivity index (χ3n) is 0.519. The average Bonchev–Trinajstić information content (AvgIpc) is 1.86. The van der Waals surface area contributed by atoms with Crippen molar-refractivity contribution in [1.82, 2.24) is 9.97 Å². The average molecular weight is 120 g/mol. The molecule has 0 saturated carbocycles. The van der Waals surface area contributed by atoms with Crippen molar-refractivity contribution in [1.29, 1.82) is 0 Å².